The molecule has 0 saturated heterocycles. The minimum Gasteiger partial charge on any atom is -0.465 e. The molecule has 27 nitrogen and oxygen atoms in total. The largest absolute Gasteiger partial charge is 0.492 e. The molecule has 69 heavy (non-hydrogen) atoms. The van der Waals surface area contributed by atoms with Crippen LogP contribution in [0.15, 0.2) is 0 Å². The van der Waals surface area contributed by atoms with Crippen molar-refractivity contribution in [3.05, 3.63) is 0 Å². The molecule has 0 aromatic carbocycles. The van der Waals surface area contributed by atoms with Gasteiger partial charge >= 0.3 is 44.3 Å². The lowest BCUT2D eigenvalue weighted by molar-refractivity contribution is -0.162. The average molecular weight is 1120 g/mol. The number of hydrogen-bond acceptors (Lipinski definition) is 24. The number of rotatable bonds is 43. The molecule has 0 unspecified atom stereocenters. The fraction of sp³-hybridized carbons (Fsp3) is 0.917. The van der Waals surface area contributed by atoms with Crippen molar-refractivity contribution in [2.75, 3.05) is 96.0 Å². The lowest BCUT2D eigenvalue weighted by atomic mass is 9.88. The second-order valence-corrected chi connectivity index (χ2v) is 28.1. The van der Waals surface area contributed by atoms with Crippen molar-refractivity contribution in [1.82, 2.24) is 14.7 Å². The van der Waals surface area contributed by atoms with E-state index in [-0.39, 0.29) is 161 Å². The predicted molar refractivity (Wildman–Crippen MR) is 251 cm³/mol. The Hall–Kier alpha value is -1.69. The van der Waals surface area contributed by atoms with Crippen LogP contribution in [0.3, 0.4) is 0 Å². The second kappa shape index (κ2) is 33.2. The summed E-state index contributed by atoms with van der Waals surface area (Å²) >= 11 is 0. The second-order valence-electron chi connectivity index (χ2n) is 17.2. The van der Waals surface area contributed by atoms with Crippen molar-refractivity contribution in [3.8, 4) is 0 Å². The van der Waals surface area contributed by atoms with E-state index >= 15 is 0 Å². The van der Waals surface area contributed by atoms with E-state index in [4.69, 9.17) is 27.9 Å². The lowest BCUT2D eigenvalue weighted by Crippen LogP contribution is -2.40. The molecule has 0 heterocycles. The third kappa shape index (κ3) is 43.6. The van der Waals surface area contributed by atoms with E-state index in [1.807, 2.05) is 0 Å². The Bertz CT molecular complexity index is 1610. The molecule has 0 aliphatic heterocycles. The summed E-state index contributed by atoms with van der Waals surface area (Å²) in [5.74, 6) is -3.76. The average Bonchev–Trinajstić information content (AvgIpc) is 3.19. The summed E-state index contributed by atoms with van der Waals surface area (Å²) in [5, 5.41) is 0. The van der Waals surface area contributed by atoms with Crippen LogP contribution in [-0.2, 0) is 58.9 Å². The van der Waals surface area contributed by atoms with Crippen molar-refractivity contribution in [2.24, 2.45) is 5.41 Å². The molecule has 0 fully saturated rings. The third-order valence-corrected chi connectivity index (χ3v) is 16.1. The zero-order chi connectivity index (χ0) is 53.0. The Balaban J connectivity index is 6.08. The standard InChI is InChI=1S/C36H77N3O24S3Si3/c1-2-36(30-61-33(40)12-21-37(18-9-27-67(52,53)54)15-3-6-24-64(43,44)45,31-62-34(41)13-22-38(19-10-28-68(55,56)57)16-4-7-25-65(46,47)48)32-63-35(42)14-23-39(20-11-29-69(58,59)60)17-5-8-26-66(49,50)51/h52-60H,2-32H2,1H3,(H,43,44,45)(H,46,47,48)(H,49,50,51). The van der Waals surface area contributed by atoms with Crippen LogP contribution in [0.2, 0.25) is 18.1 Å². The van der Waals surface area contributed by atoms with Gasteiger partial charge in [-0.15, -0.1) is 0 Å². The smallest absolute Gasteiger partial charge is 0.465 e. The molecule has 33 heteroatoms. The van der Waals surface area contributed by atoms with Gasteiger partial charge in [0.05, 0.1) is 41.9 Å². The first kappa shape index (κ1) is 67.3. The van der Waals surface area contributed by atoms with Gasteiger partial charge in [-0.2, -0.15) is 25.3 Å². The third-order valence-electron chi connectivity index (χ3n) is 10.6. The predicted octanol–water partition coefficient (Wildman–Crippen LogP) is -2.99. The Morgan fingerprint density at radius 2 is 0.638 bits per heavy atom. The van der Waals surface area contributed by atoms with E-state index < -0.39 is 117 Å². The van der Waals surface area contributed by atoms with Crippen LogP contribution < -0.4 is 0 Å². The molecule has 0 aliphatic rings. The van der Waals surface area contributed by atoms with Gasteiger partial charge < -0.3 is 72.1 Å². The normalized spacial score (nSPS) is 13.4. The van der Waals surface area contributed by atoms with Gasteiger partial charge in [-0.25, -0.2) is 0 Å². The van der Waals surface area contributed by atoms with Crippen molar-refractivity contribution in [2.45, 2.75) is 109 Å². The molecular weight excluding hydrogens is 1040 g/mol. The topological polar surface area (TPSA) is 434 Å². The Morgan fingerprint density at radius 1 is 0.406 bits per heavy atom. The number of ether oxygens (including phenoxy) is 3. The summed E-state index contributed by atoms with van der Waals surface area (Å²) in [6, 6.07) is -0.923. The first-order valence-electron chi connectivity index (χ1n) is 22.6. The van der Waals surface area contributed by atoms with Crippen molar-refractivity contribution in [1.29, 1.82) is 0 Å². The highest BCUT2D eigenvalue weighted by Gasteiger charge is 2.35. The van der Waals surface area contributed by atoms with Gasteiger partial charge in [0.1, 0.15) is 19.8 Å². The van der Waals surface area contributed by atoms with E-state index in [9.17, 15) is 82.8 Å². The quantitative estimate of drug-likeness (QED) is 0.00952. The lowest BCUT2D eigenvalue weighted by Gasteiger charge is -2.31. The molecule has 0 aliphatic carbocycles. The summed E-state index contributed by atoms with van der Waals surface area (Å²) < 4.78 is 111. The summed E-state index contributed by atoms with van der Waals surface area (Å²) in [7, 11) is -25.8. The molecule has 410 valence electrons. The maximum atomic E-state index is 13.2. The van der Waals surface area contributed by atoms with Crippen LogP contribution in [0.4, 0.5) is 0 Å². The Kier molecular flexibility index (Phi) is 32.4. The van der Waals surface area contributed by atoms with Gasteiger partial charge in [-0.3, -0.25) is 28.0 Å². The Morgan fingerprint density at radius 3 is 0.841 bits per heavy atom. The van der Waals surface area contributed by atoms with Gasteiger partial charge in [0.2, 0.25) is 0 Å². The molecule has 0 radical (unpaired) electrons. The monoisotopic (exact) mass is 1120 g/mol. The van der Waals surface area contributed by atoms with Crippen LogP contribution in [0, 0.1) is 5.41 Å². The number of hydrogen-bond donors (Lipinski definition) is 12. The zero-order valence-corrected chi connectivity index (χ0v) is 44.7. The van der Waals surface area contributed by atoms with Crippen molar-refractivity contribution in [3.63, 3.8) is 0 Å². The summed E-state index contributed by atoms with van der Waals surface area (Å²) in [4.78, 5) is 129. The molecule has 0 bridgehead atoms. The van der Waals surface area contributed by atoms with Crippen molar-refractivity contribution < 1.29 is 111 Å². The summed E-state index contributed by atoms with van der Waals surface area (Å²) in [6.45, 7) is 1.67. The zero-order valence-electron chi connectivity index (χ0n) is 39.3. The molecule has 0 aromatic heterocycles. The van der Waals surface area contributed by atoms with Gasteiger partial charge in [-0.1, -0.05) is 6.92 Å². The molecule has 12 N–H and O–H groups in total. The summed E-state index contributed by atoms with van der Waals surface area (Å²) in [6.07, 6.45) is 0.794. The minimum absolute atomic E-state index is 0.0411. The summed E-state index contributed by atoms with van der Waals surface area (Å²) in [5.41, 5.74) is -1.33. The van der Waals surface area contributed by atoms with E-state index in [1.165, 1.54) is 0 Å². The number of nitrogens with zero attached hydrogens (tertiary/aromatic N) is 3. The van der Waals surface area contributed by atoms with Crippen LogP contribution in [0.1, 0.15) is 90.4 Å². The van der Waals surface area contributed by atoms with Crippen LogP contribution in [0.25, 0.3) is 0 Å². The number of carbonyl (C=O) groups excluding carboxylic acids is 3. The number of unbranched alkanes of at least 4 members (excludes halogenated alkanes) is 3. The SMILES string of the molecule is CCC(COC(=O)CCN(CCCCS(=O)(=O)O)CCC[Si](O)(O)O)(COC(=O)CCN(CCCCS(=O)(=O)O)CCC[Si](O)(O)O)COC(=O)CCN(CCCCS(=O)(=O)O)CCC[Si](O)(O)O. The van der Waals surface area contributed by atoms with Crippen LogP contribution >= 0.6 is 0 Å². The van der Waals surface area contributed by atoms with E-state index in [0.717, 1.165) is 0 Å². The molecular formula is C36H77N3O24S3Si3. The fourth-order valence-corrected chi connectivity index (χ4v) is 10.2. The molecule has 0 amide bonds. The van der Waals surface area contributed by atoms with Gasteiger partial charge in [0, 0.05) is 37.8 Å². The maximum absolute atomic E-state index is 13.2. The highest BCUT2D eigenvalue weighted by atomic mass is 32.2. The molecule has 0 aromatic rings. The fourth-order valence-electron chi connectivity index (χ4n) is 6.58. The molecule has 0 saturated carbocycles. The van der Waals surface area contributed by atoms with E-state index in [0.29, 0.717) is 0 Å². The number of esters is 3. The molecule has 0 atom stereocenters. The van der Waals surface area contributed by atoms with Gasteiger partial charge in [0.25, 0.3) is 30.4 Å². The Labute approximate surface area is 408 Å². The van der Waals surface area contributed by atoms with E-state index in [2.05, 4.69) is 0 Å². The maximum Gasteiger partial charge on any atom is 0.492 e. The van der Waals surface area contributed by atoms with Crippen LogP contribution in [-0.4, -0.2) is 237 Å². The van der Waals surface area contributed by atoms with Crippen molar-refractivity contribution >= 4 is 74.7 Å². The molecule has 0 spiro atoms. The van der Waals surface area contributed by atoms with Gasteiger partial charge in [-0.05, 0) is 103 Å². The minimum atomic E-state index is -4.38. The van der Waals surface area contributed by atoms with Gasteiger partial charge in [0.15, 0.2) is 0 Å². The van der Waals surface area contributed by atoms with Crippen LogP contribution in [0.5, 0.6) is 0 Å². The highest BCUT2D eigenvalue weighted by Crippen LogP contribution is 2.25. The first-order chi connectivity index (χ1) is 31.6. The number of carbonyl (C=O) groups is 3. The van der Waals surface area contributed by atoms with E-state index in [1.54, 1.807) is 21.6 Å². The highest BCUT2D eigenvalue weighted by molar-refractivity contribution is 7.86. The first-order valence-corrected chi connectivity index (χ1v) is 33.6. The molecule has 0 rings (SSSR count).